The molecule has 0 saturated heterocycles. The van der Waals surface area contributed by atoms with Crippen LogP contribution in [0.5, 0.6) is 5.75 Å². The van der Waals surface area contributed by atoms with Gasteiger partial charge in [0.1, 0.15) is 6.61 Å². The second-order valence-electron chi connectivity index (χ2n) is 5.97. The Labute approximate surface area is 152 Å². The van der Waals surface area contributed by atoms with Crippen molar-refractivity contribution in [1.82, 2.24) is 10.2 Å². The smallest absolute Gasteiger partial charge is 0.251 e. The Morgan fingerprint density at radius 2 is 1.92 bits per heavy atom. The van der Waals surface area contributed by atoms with Gasteiger partial charge in [0.05, 0.1) is 6.54 Å². The van der Waals surface area contributed by atoms with Gasteiger partial charge < -0.3 is 15.0 Å². The molecule has 0 spiro atoms. The molecular weight excluding hydrogens is 335 g/mol. The van der Waals surface area contributed by atoms with Gasteiger partial charge in [0, 0.05) is 25.6 Å². The Morgan fingerprint density at radius 3 is 2.65 bits per heavy atom. The van der Waals surface area contributed by atoms with Crippen molar-refractivity contribution in [2.75, 3.05) is 26.7 Å². The molecule has 6 heteroatoms. The number of nitrogens with zero attached hydrogens (tertiary/aromatic N) is 1. The zero-order valence-corrected chi connectivity index (χ0v) is 15.0. The van der Waals surface area contributed by atoms with E-state index >= 15 is 0 Å². The fourth-order valence-corrected chi connectivity index (χ4v) is 2.34. The van der Waals surface area contributed by atoms with Gasteiger partial charge >= 0.3 is 0 Å². The number of nitrogens with one attached hydrogen (secondary N) is 1. The average Bonchev–Trinajstić information content (AvgIpc) is 2.63. The maximum atomic E-state index is 13.4. The summed E-state index contributed by atoms with van der Waals surface area (Å²) in [7, 11) is 1.65. The van der Waals surface area contributed by atoms with Crippen LogP contribution in [0.4, 0.5) is 4.39 Å². The van der Waals surface area contributed by atoms with Crippen molar-refractivity contribution in [1.29, 1.82) is 0 Å². The normalized spacial score (nSPS) is 10.3. The quantitative estimate of drug-likeness (QED) is 0.789. The molecular formula is C20H23FN2O3. The Bertz CT molecular complexity index is 764. The van der Waals surface area contributed by atoms with Gasteiger partial charge in [-0.1, -0.05) is 29.8 Å². The van der Waals surface area contributed by atoms with Crippen LogP contribution in [0, 0.1) is 12.7 Å². The molecule has 1 N–H and O–H groups in total. The topological polar surface area (TPSA) is 58.6 Å². The number of hydrogen-bond donors (Lipinski definition) is 1. The molecule has 0 heterocycles. The number of halogens is 1. The Hall–Kier alpha value is -2.89. The van der Waals surface area contributed by atoms with Gasteiger partial charge in [0.2, 0.25) is 5.91 Å². The van der Waals surface area contributed by atoms with Crippen LogP contribution in [0.25, 0.3) is 0 Å². The van der Waals surface area contributed by atoms with E-state index in [4.69, 9.17) is 4.74 Å². The minimum absolute atomic E-state index is 0.119. The number of likely N-dealkylation sites (N-methyl/N-ethyl adjacent to an activating group) is 1. The number of para-hydroxylation sites is 1. The number of carbonyl (C=O) groups excluding carboxylic acids is 2. The Kier molecular flexibility index (Phi) is 7.14. The predicted molar refractivity (Wildman–Crippen MR) is 97.7 cm³/mol. The van der Waals surface area contributed by atoms with Gasteiger partial charge in [-0.3, -0.25) is 9.59 Å². The largest absolute Gasteiger partial charge is 0.489 e. The van der Waals surface area contributed by atoms with Crippen molar-refractivity contribution < 1.29 is 18.7 Å². The van der Waals surface area contributed by atoms with E-state index in [-0.39, 0.29) is 37.1 Å². The molecule has 2 aromatic rings. The monoisotopic (exact) mass is 358 g/mol. The van der Waals surface area contributed by atoms with E-state index < -0.39 is 5.82 Å². The van der Waals surface area contributed by atoms with Crippen LogP contribution in [0.2, 0.25) is 0 Å². The highest BCUT2D eigenvalue weighted by molar-refractivity contribution is 5.94. The summed E-state index contributed by atoms with van der Waals surface area (Å²) in [5, 5.41) is 2.73. The molecule has 0 saturated carbocycles. The number of amides is 2. The van der Waals surface area contributed by atoms with Crippen LogP contribution in [-0.2, 0) is 4.79 Å². The summed E-state index contributed by atoms with van der Waals surface area (Å²) in [6.07, 6.45) is 0.188. The summed E-state index contributed by atoms with van der Waals surface area (Å²) in [4.78, 5) is 25.6. The molecule has 0 aliphatic carbocycles. The summed E-state index contributed by atoms with van der Waals surface area (Å²) in [6, 6.07) is 13.4. The third kappa shape index (κ3) is 5.88. The molecule has 2 rings (SSSR count). The van der Waals surface area contributed by atoms with Crippen LogP contribution in [0.15, 0.2) is 48.5 Å². The van der Waals surface area contributed by atoms with Crippen molar-refractivity contribution >= 4 is 11.8 Å². The van der Waals surface area contributed by atoms with Crippen LogP contribution in [-0.4, -0.2) is 43.5 Å². The summed E-state index contributed by atoms with van der Waals surface area (Å²) in [5.74, 6) is -0.585. The first kappa shape index (κ1) is 19.4. The number of carbonyl (C=O) groups is 2. The standard InChI is InChI=1S/C20H23FN2O3/c1-15-6-5-7-16(14-15)20(25)22-11-10-19(24)23(2)12-13-26-18-9-4-3-8-17(18)21/h3-9,14H,10-13H2,1-2H3,(H,22,25). The van der Waals surface area contributed by atoms with Crippen molar-refractivity contribution in [3.8, 4) is 5.75 Å². The lowest BCUT2D eigenvalue weighted by molar-refractivity contribution is -0.130. The average molecular weight is 358 g/mol. The first-order chi connectivity index (χ1) is 12.5. The van der Waals surface area contributed by atoms with Crippen LogP contribution >= 0.6 is 0 Å². The number of rotatable bonds is 8. The summed E-state index contributed by atoms with van der Waals surface area (Å²) in [6.45, 7) is 2.70. The lowest BCUT2D eigenvalue weighted by Gasteiger charge is -2.18. The van der Waals surface area contributed by atoms with Crippen molar-refractivity contribution in [2.45, 2.75) is 13.3 Å². The number of benzene rings is 2. The minimum atomic E-state index is -0.430. The third-order valence-electron chi connectivity index (χ3n) is 3.85. The van der Waals surface area contributed by atoms with Gasteiger partial charge in [-0.25, -0.2) is 4.39 Å². The van der Waals surface area contributed by atoms with Crippen LogP contribution < -0.4 is 10.1 Å². The van der Waals surface area contributed by atoms with Crippen molar-refractivity contribution in [2.24, 2.45) is 0 Å². The van der Waals surface area contributed by atoms with Crippen molar-refractivity contribution in [3.05, 3.63) is 65.5 Å². The molecule has 0 unspecified atom stereocenters. The SMILES string of the molecule is Cc1cccc(C(=O)NCCC(=O)N(C)CCOc2ccccc2F)c1. The minimum Gasteiger partial charge on any atom is -0.489 e. The van der Waals surface area contributed by atoms with E-state index in [1.807, 2.05) is 19.1 Å². The summed E-state index contributed by atoms with van der Waals surface area (Å²) in [5.41, 5.74) is 1.58. The lowest BCUT2D eigenvalue weighted by atomic mass is 10.1. The van der Waals surface area contributed by atoms with Crippen molar-refractivity contribution in [3.63, 3.8) is 0 Å². The Balaban J connectivity index is 1.68. The lowest BCUT2D eigenvalue weighted by Crippen LogP contribution is -2.34. The van der Waals surface area contributed by atoms with E-state index in [0.717, 1.165) is 5.56 Å². The highest BCUT2D eigenvalue weighted by Crippen LogP contribution is 2.15. The third-order valence-corrected chi connectivity index (χ3v) is 3.85. The predicted octanol–water partition coefficient (Wildman–Crippen LogP) is 2.79. The molecule has 2 amide bonds. The van der Waals surface area contributed by atoms with Gasteiger partial charge in [-0.05, 0) is 31.2 Å². The summed E-state index contributed by atoms with van der Waals surface area (Å²) >= 11 is 0. The number of ether oxygens (including phenoxy) is 1. The fraction of sp³-hybridized carbons (Fsp3) is 0.300. The molecule has 0 radical (unpaired) electrons. The van der Waals surface area contributed by atoms with E-state index in [1.165, 1.54) is 17.0 Å². The first-order valence-corrected chi connectivity index (χ1v) is 8.43. The van der Waals surface area contributed by atoms with Gasteiger partial charge in [-0.2, -0.15) is 0 Å². The molecule has 0 atom stereocenters. The highest BCUT2D eigenvalue weighted by atomic mass is 19.1. The highest BCUT2D eigenvalue weighted by Gasteiger charge is 2.11. The second-order valence-corrected chi connectivity index (χ2v) is 5.97. The molecule has 0 aliphatic rings. The number of hydrogen-bond acceptors (Lipinski definition) is 3. The molecule has 5 nitrogen and oxygen atoms in total. The van der Waals surface area contributed by atoms with Gasteiger partial charge in [-0.15, -0.1) is 0 Å². The fourth-order valence-electron chi connectivity index (χ4n) is 2.34. The maximum absolute atomic E-state index is 13.4. The molecule has 0 fully saturated rings. The first-order valence-electron chi connectivity index (χ1n) is 8.43. The van der Waals surface area contributed by atoms with Crippen LogP contribution in [0.1, 0.15) is 22.3 Å². The summed E-state index contributed by atoms with van der Waals surface area (Å²) < 4.78 is 18.8. The van der Waals surface area contributed by atoms with E-state index in [0.29, 0.717) is 12.1 Å². The molecule has 2 aromatic carbocycles. The molecule has 0 bridgehead atoms. The zero-order valence-electron chi connectivity index (χ0n) is 15.0. The van der Waals surface area contributed by atoms with Gasteiger partial charge in [0.25, 0.3) is 5.91 Å². The van der Waals surface area contributed by atoms with Crippen LogP contribution in [0.3, 0.4) is 0 Å². The number of aryl methyl sites for hydroxylation is 1. The van der Waals surface area contributed by atoms with Gasteiger partial charge in [0.15, 0.2) is 11.6 Å². The zero-order chi connectivity index (χ0) is 18.9. The molecule has 0 aliphatic heterocycles. The second kappa shape index (κ2) is 9.56. The van der Waals surface area contributed by atoms with E-state index in [2.05, 4.69) is 5.32 Å². The maximum Gasteiger partial charge on any atom is 0.251 e. The molecule has 138 valence electrons. The van der Waals surface area contributed by atoms with E-state index in [9.17, 15) is 14.0 Å². The van der Waals surface area contributed by atoms with E-state index in [1.54, 1.807) is 31.3 Å². The molecule has 0 aromatic heterocycles. The Morgan fingerprint density at radius 1 is 1.15 bits per heavy atom. The molecule has 26 heavy (non-hydrogen) atoms.